The molecular formula is C54H36N2. The first kappa shape index (κ1) is 32.0. The normalized spacial score (nSPS) is 11.6. The van der Waals surface area contributed by atoms with Crippen molar-refractivity contribution in [1.29, 1.82) is 0 Å². The maximum absolute atomic E-state index is 2.38. The third-order valence-corrected chi connectivity index (χ3v) is 11.4. The van der Waals surface area contributed by atoms with Crippen LogP contribution in [-0.4, -0.2) is 9.13 Å². The predicted octanol–water partition coefficient (Wildman–Crippen LogP) is 14.5. The van der Waals surface area contributed by atoms with Crippen LogP contribution in [0, 0.1) is 0 Å². The Kier molecular flexibility index (Phi) is 7.53. The van der Waals surface area contributed by atoms with Crippen LogP contribution in [0.25, 0.3) is 99.5 Å². The summed E-state index contributed by atoms with van der Waals surface area (Å²) < 4.78 is 4.77. The summed E-state index contributed by atoms with van der Waals surface area (Å²) in [5.74, 6) is 0. The third-order valence-electron chi connectivity index (χ3n) is 11.4. The molecule has 2 heteroatoms. The fourth-order valence-corrected chi connectivity index (χ4v) is 8.79. The quantitative estimate of drug-likeness (QED) is 0.162. The maximum Gasteiger partial charge on any atom is 0.0541 e. The van der Waals surface area contributed by atoms with Crippen molar-refractivity contribution in [2.45, 2.75) is 0 Å². The van der Waals surface area contributed by atoms with Crippen LogP contribution in [0.1, 0.15) is 0 Å². The van der Waals surface area contributed by atoms with Gasteiger partial charge in [0, 0.05) is 32.9 Å². The van der Waals surface area contributed by atoms with Gasteiger partial charge in [-0.2, -0.15) is 0 Å². The number of para-hydroxylation sites is 4. The van der Waals surface area contributed by atoms with Gasteiger partial charge in [0.2, 0.25) is 0 Å². The minimum absolute atomic E-state index is 1.15. The predicted molar refractivity (Wildman–Crippen MR) is 237 cm³/mol. The number of aromatic nitrogens is 2. The van der Waals surface area contributed by atoms with E-state index in [2.05, 4.69) is 228 Å². The molecule has 0 saturated heterocycles. The second kappa shape index (κ2) is 13.2. The highest BCUT2D eigenvalue weighted by Crippen LogP contribution is 2.41. The molecule has 0 radical (unpaired) electrons. The molecule has 11 rings (SSSR count). The zero-order valence-electron chi connectivity index (χ0n) is 30.7. The van der Waals surface area contributed by atoms with Gasteiger partial charge in [-0.15, -0.1) is 0 Å². The van der Waals surface area contributed by atoms with Gasteiger partial charge in [-0.05, 0) is 99.1 Å². The molecule has 0 amide bonds. The number of hydrogen-bond acceptors (Lipinski definition) is 0. The molecule has 9 aromatic carbocycles. The summed E-state index contributed by atoms with van der Waals surface area (Å²) in [6.07, 6.45) is 0. The molecule has 0 aliphatic rings. The van der Waals surface area contributed by atoms with Crippen LogP contribution in [0.5, 0.6) is 0 Å². The van der Waals surface area contributed by atoms with E-state index in [1.807, 2.05) is 0 Å². The summed E-state index contributed by atoms with van der Waals surface area (Å²) in [5, 5.41) is 5.07. The van der Waals surface area contributed by atoms with Gasteiger partial charge in [0.05, 0.1) is 22.1 Å². The molecule has 0 aliphatic heterocycles. The van der Waals surface area contributed by atoms with Crippen LogP contribution >= 0.6 is 0 Å². The number of nitrogens with zero attached hydrogens (tertiary/aromatic N) is 2. The summed E-state index contributed by atoms with van der Waals surface area (Å²) in [6.45, 7) is 0. The van der Waals surface area contributed by atoms with Gasteiger partial charge in [0.15, 0.2) is 0 Å². The molecule has 0 spiro atoms. The lowest BCUT2D eigenvalue weighted by molar-refractivity contribution is 1.18. The molecule has 0 atom stereocenters. The lowest BCUT2D eigenvalue weighted by Gasteiger charge is -2.17. The van der Waals surface area contributed by atoms with Gasteiger partial charge < -0.3 is 9.13 Å². The fraction of sp³-hybridized carbons (Fsp3) is 0. The van der Waals surface area contributed by atoms with Crippen LogP contribution in [0.3, 0.4) is 0 Å². The fourth-order valence-electron chi connectivity index (χ4n) is 8.79. The molecule has 2 heterocycles. The van der Waals surface area contributed by atoms with Crippen LogP contribution in [0.15, 0.2) is 218 Å². The Hall–Kier alpha value is -7.42. The third kappa shape index (κ3) is 5.19. The van der Waals surface area contributed by atoms with Crippen molar-refractivity contribution < 1.29 is 0 Å². The molecule has 2 aromatic heterocycles. The molecule has 56 heavy (non-hydrogen) atoms. The Morgan fingerprint density at radius 3 is 1.00 bits per heavy atom. The Labute approximate surface area is 325 Å². The van der Waals surface area contributed by atoms with E-state index in [4.69, 9.17) is 0 Å². The highest BCUT2D eigenvalue weighted by atomic mass is 15.0. The van der Waals surface area contributed by atoms with Crippen LogP contribution in [-0.2, 0) is 0 Å². The van der Waals surface area contributed by atoms with E-state index in [-0.39, 0.29) is 0 Å². The maximum atomic E-state index is 2.38. The number of rotatable bonds is 6. The first-order valence-corrected chi connectivity index (χ1v) is 19.3. The second-order valence-corrected chi connectivity index (χ2v) is 14.5. The van der Waals surface area contributed by atoms with Crippen molar-refractivity contribution >= 4 is 43.6 Å². The van der Waals surface area contributed by atoms with Crippen molar-refractivity contribution in [3.8, 4) is 55.9 Å². The van der Waals surface area contributed by atoms with E-state index in [9.17, 15) is 0 Å². The minimum Gasteiger partial charge on any atom is -0.309 e. The minimum atomic E-state index is 1.15. The van der Waals surface area contributed by atoms with Gasteiger partial charge in [0.25, 0.3) is 0 Å². The number of benzene rings is 9. The van der Waals surface area contributed by atoms with E-state index in [1.165, 1.54) is 88.1 Å². The SMILES string of the molecule is c1ccc(-c2ccccc2-c2ccc(-c3ccc(-n4c5ccccc5c5ccccc54)cc3)c(-c3ccc(-n4c5ccccc5c5ccccc54)cc3)c2)cc1. The average molecular weight is 713 g/mol. The largest absolute Gasteiger partial charge is 0.309 e. The average Bonchev–Trinajstić information content (AvgIpc) is 3.80. The van der Waals surface area contributed by atoms with E-state index >= 15 is 0 Å². The van der Waals surface area contributed by atoms with E-state index in [1.54, 1.807) is 0 Å². The number of fused-ring (bicyclic) bond motifs is 6. The molecule has 0 fully saturated rings. The number of hydrogen-bond donors (Lipinski definition) is 0. The van der Waals surface area contributed by atoms with Crippen molar-refractivity contribution in [3.63, 3.8) is 0 Å². The highest BCUT2D eigenvalue weighted by Gasteiger charge is 2.16. The second-order valence-electron chi connectivity index (χ2n) is 14.5. The molecular weight excluding hydrogens is 677 g/mol. The smallest absolute Gasteiger partial charge is 0.0541 e. The summed E-state index contributed by atoms with van der Waals surface area (Å²) in [6, 6.07) is 79.4. The molecule has 0 N–H and O–H groups in total. The van der Waals surface area contributed by atoms with Crippen LogP contribution < -0.4 is 0 Å². The summed E-state index contributed by atoms with van der Waals surface area (Å²) in [7, 11) is 0. The highest BCUT2D eigenvalue weighted by molar-refractivity contribution is 6.10. The lowest BCUT2D eigenvalue weighted by atomic mass is 9.88. The molecule has 262 valence electrons. The van der Waals surface area contributed by atoms with Crippen molar-refractivity contribution in [3.05, 3.63) is 218 Å². The molecule has 0 bridgehead atoms. The standard InChI is InChI=1S/C54H36N2/c1-2-14-37(15-3-1)43-16-4-5-17-44(43)40-30-35-45(38-26-31-41(32-27-38)55-51-22-10-6-18-46(51)47-19-7-11-23-52(47)55)50(36-40)39-28-33-42(34-29-39)56-53-24-12-8-20-48(53)49-21-9-13-25-54(49)56/h1-36H. The monoisotopic (exact) mass is 712 g/mol. The van der Waals surface area contributed by atoms with Gasteiger partial charge in [-0.3, -0.25) is 0 Å². The molecule has 11 aromatic rings. The van der Waals surface area contributed by atoms with Crippen molar-refractivity contribution in [1.82, 2.24) is 9.13 Å². The van der Waals surface area contributed by atoms with Gasteiger partial charge in [0.1, 0.15) is 0 Å². The molecule has 0 aliphatic carbocycles. The first-order valence-electron chi connectivity index (χ1n) is 19.3. The summed E-state index contributed by atoms with van der Waals surface area (Å²) in [4.78, 5) is 0. The molecule has 0 saturated carbocycles. The Bertz CT molecular complexity index is 3110. The zero-order valence-corrected chi connectivity index (χ0v) is 30.7. The lowest BCUT2D eigenvalue weighted by Crippen LogP contribution is -1.95. The Morgan fingerprint density at radius 1 is 0.214 bits per heavy atom. The van der Waals surface area contributed by atoms with E-state index in [0.717, 1.165) is 11.4 Å². The topological polar surface area (TPSA) is 9.86 Å². The van der Waals surface area contributed by atoms with Gasteiger partial charge in [-0.1, -0.05) is 164 Å². The van der Waals surface area contributed by atoms with E-state index in [0.29, 0.717) is 0 Å². The Morgan fingerprint density at radius 2 is 0.536 bits per heavy atom. The Balaban J connectivity index is 1.06. The van der Waals surface area contributed by atoms with Crippen molar-refractivity contribution in [2.75, 3.05) is 0 Å². The van der Waals surface area contributed by atoms with Crippen molar-refractivity contribution in [2.24, 2.45) is 0 Å². The zero-order chi connectivity index (χ0) is 37.0. The van der Waals surface area contributed by atoms with Gasteiger partial charge in [-0.25, -0.2) is 0 Å². The molecule has 0 unspecified atom stereocenters. The van der Waals surface area contributed by atoms with Gasteiger partial charge >= 0.3 is 0 Å². The van der Waals surface area contributed by atoms with Crippen LogP contribution in [0.2, 0.25) is 0 Å². The summed E-state index contributed by atoms with van der Waals surface area (Å²) >= 11 is 0. The van der Waals surface area contributed by atoms with Crippen LogP contribution in [0.4, 0.5) is 0 Å². The summed E-state index contributed by atoms with van der Waals surface area (Å²) in [5.41, 5.74) is 16.8. The molecule has 2 nitrogen and oxygen atoms in total. The first-order chi connectivity index (χ1) is 27.8. The van der Waals surface area contributed by atoms with E-state index < -0.39 is 0 Å².